The van der Waals surface area contributed by atoms with Gasteiger partial charge in [-0.25, -0.2) is 4.68 Å². The van der Waals surface area contributed by atoms with Gasteiger partial charge >= 0.3 is 0 Å². The highest BCUT2D eigenvalue weighted by molar-refractivity contribution is 4.95. The van der Waals surface area contributed by atoms with Crippen LogP contribution in [0.5, 0.6) is 0 Å². The van der Waals surface area contributed by atoms with Crippen LogP contribution in [0.15, 0.2) is 18.3 Å². The summed E-state index contributed by atoms with van der Waals surface area (Å²) in [7, 11) is 0. The van der Waals surface area contributed by atoms with Crippen molar-refractivity contribution in [1.82, 2.24) is 15.0 Å². The first-order valence-electron chi connectivity index (χ1n) is 8.13. The summed E-state index contributed by atoms with van der Waals surface area (Å²) < 4.78 is 2.10. The normalized spacial score (nSPS) is 13.4. The first-order chi connectivity index (χ1) is 9.65. The van der Waals surface area contributed by atoms with Crippen LogP contribution in [0.25, 0.3) is 0 Å². The van der Waals surface area contributed by atoms with Gasteiger partial charge in [0.15, 0.2) is 0 Å². The Morgan fingerprint density at radius 1 is 1.15 bits per heavy atom. The minimum absolute atomic E-state index is 0.688. The molecule has 0 N–H and O–H groups in total. The van der Waals surface area contributed by atoms with Crippen LogP contribution in [0.4, 0.5) is 0 Å². The molecule has 1 atom stereocenters. The summed E-state index contributed by atoms with van der Waals surface area (Å²) in [5.41, 5.74) is 1.29. The number of nitrogens with zero attached hydrogens (tertiary/aromatic N) is 3. The summed E-state index contributed by atoms with van der Waals surface area (Å²) in [6.07, 6.45) is 13.8. The van der Waals surface area contributed by atoms with Crippen molar-refractivity contribution in [1.29, 1.82) is 0 Å². The van der Waals surface area contributed by atoms with E-state index < -0.39 is 0 Å². The molecule has 1 heterocycles. The van der Waals surface area contributed by atoms with Crippen LogP contribution in [0.2, 0.25) is 0 Å². The maximum Gasteiger partial charge on any atom is 0.0725 e. The van der Waals surface area contributed by atoms with Gasteiger partial charge in [0.2, 0.25) is 0 Å². The molecule has 3 nitrogen and oxygen atoms in total. The topological polar surface area (TPSA) is 30.7 Å². The zero-order valence-corrected chi connectivity index (χ0v) is 13.7. The molecule has 1 aromatic heterocycles. The lowest BCUT2D eigenvalue weighted by Gasteiger charge is -2.15. The van der Waals surface area contributed by atoms with Gasteiger partial charge in [0, 0.05) is 6.54 Å². The molecule has 0 fully saturated rings. The number of aromatic nitrogens is 3. The summed E-state index contributed by atoms with van der Waals surface area (Å²) >= 11 is 0. The lowest BCUT2D eigenvalue weighted by atomic mass is 9.93. The lowest BCUT2D eigenvalue weighted by molar-refractivity contribution is 0.399. The highest BCUT2D eigenvalue weighted by Crippen LogP contribution is 2.16. The van der Waals surface area contributed by atoms with E-state index in [0.29, 0.717) is 11.8 Å². The molecule has 0 radical (unpaired) electrons. The minimum atomic E-state index is 0.688. The van der Waals surface area contributed by atoms with Gasteiger partial charge in [-0.2, -0.15) is 0 Å². The maximum atomic E-state index is 4.23. The molecule has 0 aliphatic carbocycles. The van der Waals surface area contributed by atoms with E-state index in [1.807, 2.05) is 6.20 Å². The fraction of sp³-hybridized carbons (Fsp3) is 0.765. The van der Waals surface area contributed by atoms with E-state index in [4.69, 9.17) is 0 Å². The predicted molar refractivity (Wildman–Crippen MR) is 85.6 cm³/mol. The van der Waals surface area contributed by atoms with Crippen molar-refractivity contribution in [3.63, 3.8) is 0 Å². The quantitative estimate of drug-likeness (QED) is 0.461. The van der Waals surface area contributed by atoms with E-state index in [1.165, 1.54) is 37.8 Å². The Hall–Kier alpha value is -1.12. The van der Waals surface area contributed by atoms with E-state index in [2.05, 4.69) is 54.8 Å². The van der Waals surface area contributed by atoms with Gasteiger partial charge < -0.3 is 0 Å². The Bertz CT molecular complexity index is 379. The molecule has 0 aromatic carbocycles. The standard InChI is InChI=1S/C17H31N3/c1-5-6-7-8-9-10-11-12-20-17(14-18-19-20)13-16(4)15(2)3/h5-6,14-16H,7-13H2,1-4H3/b6-5+. The summed E-state index contributed by atoms with van der Waals surface area (Å²) in [5, 5.41) is 8.31. The number of hydrogen-bond donors (Lipinski definition) is 0. The van der Waals surface area contributed by atoms with Crippen molar-refractivity contribution in [2.45, 2.75) is 72.8 Å². The summed E-state index contributed by atoms with van der Waals surface area (Å²) in [4.78, 5) is 0. The van der Waals surface area contributed by atoms with Crippen molar-refractivity contribution in [3.8, 4) is 0 Å². The Morgan fingerprint density at radius 2 is 1.90 bits per heavy atom. The molecule has 1 rings (SSSR count). The van der Waals surface area contributed by atoms with Gasteiger partial charge in [-0.15, -0.1) is 5.10 Å². The third-order valence-electron chi connectivity index (χ3n) is 4.09. The Balaban J connectivity index is 2.25. The molecule has 0 saturated heterocycles. The van der Waals surface area contributed by atoms with Gasteiger partial charge in [-0.05, 0) is 44.4 Å². The molecule has 0 aliphatic heterocycles. The van der Waals surface area contributed by atoms with E-state index in [1.54, 1.807) is 0 Å². The molecule has 0 amide bonds. The number of hydrogen-bond acceptors (Lipinski definition) is 2. The summed E-state index contributed by atoms with van der Waals surface area (Å²) in [6.45, 7) is 9.98. The Labute approximate surface area is 124 Å². The van der Waals surface area contributed by atoms with Crippen LogP contribution < -0.4 is 0 Å². The molecule has 1 unspecified atom stereocenters. The number of allylic oxidation sites excluding steroid dienone is 2. The Kier molecular flexibility index (Phi) is 8.24. The predicted octanol–water partition coefficient (Wildman–Crippen LogP) is 4.64. The molecular weight excluding hydrogens is 246 g/mol. The fourth-order valence-corrected chi connectivity index (χ4v) is 2.23. The molecule has 0 spiro atoms. The van der Waals surface area contributed by atoms with E-state index >= 15 is 0 Å². The molecule has 20 heavy (non-hydrogen) atoms. The van der Waals surface area contributed by atoms with Gasteiger partial charge in [-0.3, -0.25) is 0 Å². The van der Waals surface area contributed by atoms with Crippen molar-refractivity contribution >= 4 is 0 Å². The smallest absolute Gasteiger partial charge is 0.0725 e. The van der Waals surface area contributed by atoms with Crippen molar-refractivity contribution in [2.24, 2.45) is 11.8 Å². The number of unbranched alkanes of at least 4 members (excludes halogenated alkanes) is 4. The lowest BCUT2D eigenvalue weighted by Crippen LogP contribution is -2.12. The minimum Gasteiger partial charge on any atom is -0.249 e. The van der Waals surface area contributed by atoms with Crippen LogP contribution in [0.3, 0.4) is 0 Å². The summed E-state index contributed by atoms with van der Waals surface area (Å²) in [5.74, 6) is 1.40. The van der Waals surface area contributed by atoms with Gasteiger partial charge in [0.25, 0.3) is 0 Å². The zero-order chi connectivity index (χ0) is 14.8. The third-order valence-corrected chi connectivity index (χ3v) is 4.09. The van der Waals surface area contributed by atoms with Crippen LogP contribution >= 0.6 is 0 Å². The van der Waals surface area contributed by atoms with E-state index in [0.717, 1.165) is 13.0 Å². The highest BCUT2D eigenvalue weighted by atomic mass is 15.4. The monoisotopic (exact) mass is 277 g/mol. The van der Waals surface area contributed by atoms with Crippen LogP contribution in [0.1, 0.15) is 65.5 Å². The van der Waals surface area contributed by atoms with Gasteiger partial charge in [0.1, 0.15) is 0 Å². The zero-order valence-electron chi connectivity index (χ0n) is 13.7. The first-order valence-corrected chi connectivity index (χ1v) is 8.13. The van der Waals surface area contributed by atoms with Gasteiger partial charge in [-0.1, -0.05) is 51.0 Å². The van der Waals surface area contributed by atoms with Crippen molar-refractivity contribution in [2.75, 3.05) is 0 Å². The second-order valence-electron chi connectivity index (χ2n) is 6.15. The molecule has 3 heteroatoms. The second-order valence-corrected chi connectivity index (χ2v) is 6.15. The number of aryl methyl sites for hydroxylation is 1. The molecule has 114 valence electrons. The molecule has 0 aliphatic rings. The average molecular weight is 277 g/mol. The molecular formula is C17H31N3. The average Bonchev–Trinajstić information content (AvgIpc) is 2.85. The largest absolute Gasteiger partial charge is 0.249 e. The molecule has 1 aromatic rings. The van der Waals surface area contributed by atoms with Crippen LogP contribution in [-0.2, 0) is 13.0 Å². The third kappa shape index (κ3) is 6.36. The highest BCUT2D eigenvalue weighted by Gasteiger charge is 2.12. The van der Waals surface area contributed by atoms with E-state index in [9.17, 15) is 0 Å². The fourth-order valence-electron chi connectivity index (χ4n) is 2.23. The van der Waals surface area contributed by atoms with Gasteiger partial charge in [0.05, 0.1) is 11.9 Å². The van der Waals surface area contributed by atoms with Crippen molar-refractivity contribution < 1.29 is 0 Å². The number of rotatable bonds is 10. The molecule has 0 bridgehead atoms. The SMILES string of the molecule is C/C=C/CCCCCCn1nncc1CC(C)C(C)C. The van der Waals surface area contributed by atoms with Crippen LogP contribution in [-0.4, -0.2) is 15.0 Å². The Morgan fingerprint density at radius 3 is 2.60 bits per heavy atom. The second kappa shape index (κ2) is 9.73. The maximum absolute atomic E-state index is 4.23. The van der Waals surface area contributed by atoms with Crippen LogP contribution in [0, 0.1) is 11.8 Å². The van der Waals surface area contributed by atoms with Crippen molar-refractivity contribution in [3.05, 3.63) is 24.0 Å². The molecule has 0 saturated carbocycles. The first kappa shape index (κ1) is 16.9. The summed E-state index contributed by atoms with van der Waals surface area (Å²) in [6, 6.07) is 0. The van der Waals surface area contributed by atoms with E-state index in [-0.39, 0.29) is 0 Å².